The summed E-state index contributed by atoms with van der Waals surface area (Å²) in [5, 5.41) is 0. The molecule has 0 radical (unpaired) electrons. The van der Waals surface area contributed by atoms with Gasteiger partial charge in [-0.15, -0.1) is 0 Å². The van der Waals surface area contributed by atoms with Crippen molar-refractivity contribution in [3.8, 4) is 0 Å². The fourth-order valence-electron chi connectivity index (χ4n) is 1.47. The van der Waals surface area contributed by atoms with Gasteiger partial charge >= 0.3 is 6.18 Å². The number of aldehydes is 1. The Balaban J connectivity index is 2.75. The average Bonchev–Trinajstić information content (AvgIpc) is 2.44. The van der Waals surface area contributed by atoms with Crippen molar-refractivity contribution < 1.29 is 18.0 Å². The van der Waals surface area contributed by atoms with Crippen molar-refractivity contribution in [2.75, 3.05) is 0 Å². The summed E-state index contributed by atoms with van der Waals surface area (Å²) in [7, 11) is 0. The second kappa shape index (κ2) is 8.04. The van der Waals surface area contributed by atoms with Gasteiger partial charge < -0.3 is 0 Å². The summed E-state index contributed by atoms with van der Waals surface area (Å²) in [5.41, 5.74) is 0.822. The fraction of sp³-hybridized carbons (Fsp3) is 0.118. The van der Waals surface area contributed by atoms with Crippen LogP contribution in [0.5, 0.6) is 0 Å². The quantitative estimate of drug-likeness (QED) is 0.429. The highest BCUT2D eigenvalue weighted by molar-refractivity contribution is 5.67. The van der Waals surface area contributed by atoms with E-state index in [9.17, 15) is 18.0 Å². The predicted molar refractivity (Wildman–Crippen MR) is 78.6 cm³/mol. The van der Waals surface area contributed by atoms with E-state index in [4.69, 9.17) is 0 Å². The van der Waals surface area contributed by atoms with Gasteiger partial charge in [-0.2, -0.15) is 13.2 Å². The molecule has 110 valence electrons. The van der Waals surface area contributed by atoms with E-state index in [1.165, 1.54) is 6.08 Å². The van der Waals surface area contributed by atoms with Crippen LogP contribution in [-0.4, -0.2) is 12.5 Å². The Kier molecular flexibility index (Phi) is 6.40. The SMILES string of the molecule is CC(/C=C/c1ccccc1)=C\C=C\C(=C/C=O)C(F)(F)F. The first-order chi connectivity index (χ1) is 9.93. The van der Waals surface area contributed by atoms with Crippen LogP contribution in [0.3, 0.4) is 0 Å². The molecule has 0 N–H and O–H groups in total. The van der Waals surface area contributed by atoms with Gasteiger partial charge in [0.15, 0.2) is 0 Å². The third kappa shape index (κ3) is 6.56. The summed E-state index contributed by atoms with van der Waals surface area (Å²) >= 11 is 0. The van der Waals surface area contributed by atoms with E-state index in [1.54, 1.807) is 19.1 Å². The molecule has 0 saturated heterocycles. The molecule has 4 heteroatoms. The molecule has 0 aliphatic carbocycles. The third-order valence-electron chi connectivity index (χ3n) is 2.55. The normalized spacial score (nSPS) is 14.1. The van der Waals surface area contributed by atoms with Gasteiger partial charge in [-0.3, -0.25) is 4.79 Å². The van der Waals surface area contributed by atoms with Crippen LogP contribution in [0.2, 0.25) is 0 Å². The molecule has 0 amide bonds. The number of hydrogen-bond donors (Lipinski definition) is 0. The minimum absolute atomic E-state index is 0.124. The summed E-state index contributed by atoms with van der Waals surface area (Å²) in [4.78, 5) is 10.2. The van der Waals surface area contributed by atoms with E-state index in [2.05, 4.69) is 0 Å². The summed E-state index contributed by atoms with van der Waals surface area (Å²) in [6.07, 6.45) is 3.45. The molecule has 1 rings (SSSR count). The molecule has 0 aliphatic rings. The fourth-order valence-corrected chi connectivity index (χ4v) is 1.47. The third-order valence-corrected chi connectivity index (χ3v) is 2.55. The van der Waals surface area contributed by atoms with Crippen molar-refractivity contribution in [2.45, 2.75) is 13.1 Å². The van der Waals surface area contributed by atoms with Gasteiger partial charge in [0, 0.05) is 0 Å². The number of hydrogen-bond acceptors (Lipinski definition) is 1. The number of rotatable bonds is 5. The molecule has 1 nitrogen and oxygen atoms in total. The first kappa shape index (κ1) is 16.7. The summed E-state index contributed by atoms with van der Waals surface area (Å²) in [6, 6.07) is 9.56. The van der Waals surface area contributed by atoms with E-state index in [0.29, 0.717) is 6.08 Å². The highest BCUT2D eigenvalue weighted by atomic mass is 19.4. The van der Waals surface area contributed by atoms with Crippen molar-refractivity contribution in [3.05, 3.63) is 77.4 Å². The van der Waals surface area contributed by atoms with Crippen LogP contribution in [0.1, 0.15) is 12.5 Å². The lowest BCUT2D eigenvalue weighted by Gasteiger charge is -2.05. The average molecular weight is 292 g/mol. The highest BCUT2D eigenvalue weighted by Gasteiger charge is 2.31. The number of benzene rings is 1. The Morgan fingerprint density at radius 3 is 2.29 bits per heavy atom. The molecule has 1 aromatic rings. The zero-order valence-corrected chi connectivity index (χ0v) is 11.5. The van der Waals surface area contributed by atoms with E-state index < -0.39 is 11.7 Å². The van der Waals surface area contributed by atoms with E-state index in [-0.39, 0.29) is 6.29 Å². The Morgan fingerprint density at radius 1 is 1.05 bits per heavy atom. The highest BCUT2D eigenvalue weighted by Crippen LogP contribution is 2.26. The van der Waals surface area contributed by atoms with Gasteiger partial charge in [-0.1, -0.05) is 60.2 Å². The van der Waals surface area contributed by atoms with Crippen LogP contribution >= 0.6 is 0 Å². The Labute approximate surface area is 121 Å². The minimum atomic E-state index is -4.53. The molecular formula is C17H15F3O. The topological polar surface area (TPSA) is 17.1 Å². The number of carbonyl (C=O) groups excluding carboxylic acids is 1. The van der Waals surface area contributed by atoms with Crippen LogP contribution in [-0.2, 0) is 4.79 Å². The lowest BCUT2D eigenvalue weighted by Crippen LogP contribution is -2.09. The molecular weight excluding hydrogens is 277 g/mol. The van der Waals surface area contributed by atoms with Gasteiger partial charge in [0.1, 0.15) is 6.29 Å². The second-order valence-electron chi connectivity index (χ2n) is 4.27. The first-order valence-corrected chi connectivity index (χ1v) is 6.24. The molecule has 21 heavy (non-hydrogen) atoms. The zero-order valence-electron chi connectivity index (χ0n) is 11.5. The predicted octanol–water partition coefficient (Wildman–Crippen LogP) is 4.89. The minimum Gasteiger partial charge on any atom is -0.299 e. The molecule has 0 aliphatic heterocycles. The monoisotopic (exact) mass is 292 g/mol. The van der Waals surface area contributed by atoms with Gasteiger partial charge in [-0.25, -0.2) is 0 Å². The first-order valence-electron chi connectivity index (χ1n) is 6.24. The van der Waals surface area contributed by atoms with E-state index in [1.807, 2.05) is 36.4 Å². The van der Waals surface area contributed by atoms with Gasteiger partial charge in [0.25, 0.3) is 0 Å². The van der Waals surface area contributed by atoms with Gasteiger partial charge in [0.05, 0.1) is 5.57 Å². The number of allylic oxidation sites excluding steroid dienone is 7. The summed E-state index contributed by atoms with van der Waals surface area (Å²) in [6.45, 7) is 1.78. The lowest BCUT2D eigenvalue weighted by molar-refractivity contribution is -0.106. The van der Waals surface area contributed by atoms with Crippen molar-refractivity contribution in [2.24, 2.45) is 0 Å². The van der Waals surface area contributed by atoms with E-state index >= 15 is 0 Å². The Morgan fingerprint density at radius 2 is 1.71 bits per heavy atom. The van der Waals surface area contributed by atoms with Crippen molar-refractivity contribution in [1.29, 1.82) is 0 Å². The van der Waals surface area contributed by atoms with Crippen LogP contribution in [0.25, 0.3) is 6.08 Å². The molecule has 0 spiro atoms. The molecule has 0 heterocycles. The van der Waals surface area contributed by atoms with Crippen LogP contribution in [0, 0.1) is 0 Å². The largest absolute Gasteiger partial charge is 0.416 e. The van der Waals surface area contributed by atoms with Crippen LogP contribution in [0.4, 0.5) is 13.2 Å². The molecule has 0 fully saturated rings. The maximum absolute atomic E-state index is 12.5. The molecule has 0 aromatic heterocycles. The smallest absolute Gasteiger partial charge is 0.299 e. The molecule has 0 atom stereocenters. The number of alkyl halides is 3. The Hall–Kier alpha value is -2.36. The molecule has 0 bridgehead atoms. The summed E-state index contributed by atoms with van der Waals surface area (Å²) in [5.74, 6) is 0. The zero-order chi connectivity index (χ0) is 15.7. The standard InChI is InChI=1S/C17H15F3O/c1-14(10-11-15-7-3-2-4-8-15)6-5-9-16(12-13-21)17(18,19)20/h2-13H,1H3/b9-5+,11-10+,14-6+,16-12+. The van der Waals surface area contributed by atoms with Crippen molar-refractivity contribution in [1.82, 2.24) is 0 Å². The van der Waals surface area contributed by atoms with Crippen LogP contribution < -0.4 is 0 Å². The molecule has 0 saturated carbocycles. The number of carbonyl (C=O) groups is 1. The van der Waals surface area contributed by atoms with Crippen molar-refractivity contribution >= 4 is 12.4 Å². The summed E-state index contributed by atoms with van der Waals surface area (Å²) < 4.78 is 37.5. The maximum atomic E-state index is 12.5. The number of halogens is 3. The lowest BCUT2D eigenvalue weighted by atomic mass is 10.1. The molecule has 1 aromatic carbocycles. The van der Waals surface area contributed by atoms with Gasteiger partial charge in [0.2, 0.25) is 0 Å². The van der Waals surface area contributed by atoms with Crippen LogP contribution in [0.15, 0.2) is 71.9 Å². The van der Waals surface area contributed by atoms with Crippen molar-refractivity contribution in [3.63, 3.8) is 0 Å². The maximum Gasteiger partial charge on any atom is 0.416 e. The second-order valence-corrected chi connectivity index (χ2v) is 4.27. The Bertz CT molecular complexity index is 576. The molecule has 0 unspecified atom stereocenters. The van der Waals surface area contributed by atoms with Gasteiger partial charge in [-0.05, 0) is 24.6 Å². The van der Waals surface area contributed by atoms with E-state index in [0.717, 1.165) is 17.2 Å².